The average molecular weight is 247 g/mol. The first kappa shape index (κ1) is 13.1. The van der Waals surface area contributed by atoms with Gasteiger partial charge in [-0.2, -0.15) is 0 Å². The minimum atomic E-state index is -0.858. The van der Waals surface area contributed by atoms with Crippen molar-refractivity contribution in [2.75, 3.05) is 0 Å². The molecule has 0 unspecified atom stereocenters. The Morgan fingerprint density at radius 2 is 2.06 bits per heavy atom. The van der Waals surface area contributed by atoms with Crippen LogP contribution in [0.5, 0.6) is 0 Å². The lowest BCUT2D eigenvalue weighted by molar-refractivity contribution is 0.0696. The quantitative estimate of drug-likeness (QED) is 0.859. The van der Waals surface area contributed by atoms with Crippen molar-refractivity contribution in [2.45, 2.75) is 45.2 Å². The van der Waals surface area contributed by atoms with E-state index in [0.29, 0.717) is 11.6 Å². The lowest BCUT2D eigenvalue weighted by Crippen LogP contribution is -2.32. The van der Waals surface area contributed by atoms with Gasteiger partial charge in [-0.1, -0.05) is 19.1 Å². The topological polar surface area (TPSA) is 49.3 Å². The predicted octanol–water partition coefficient (Wildman–Crippen LogP) is 3.05. The number of carboxylic acids is 1. The Labute approximate surface area is 108 Å². The van der Waals surface area contributed by atoms with Crippen molar-refractivity contribution >= 4 is 5.97 Å². The second-order valence-corrected chi connectivity index (χ2v) is 5.34. The molecule has 0 radical (unpaired) electrons. The van der Waals surface area contributed by atoms with E-state index in [-0.39, 0.29) is 0 Å². The molecular formula is C15H21NO2. The molecule has 98 valence electrons. The van der Waals surface area contributed by atoms with E-state index in [0.717, 1.165) is 18.0 Å². The summed E-state index contributed by atoms with van der Waals surface area (Å²) in [5.41, 5.74) is 1.42. The highest BCUT2D eigenvalue weighted by atomic mass is 16.4. The first-order valence-corrected chi connectivity index (χ1v) is 6.71. The largest absolute Gasteiger partial charge is 0.478 e. The van der Waals surface area contributed by atoms with E-state index in [1.54, 1.807) is 12.1 Å². The summed E-state index contributed by atoms with van der Waals surface area (Å²) in [6, 6.07) is 7.76. The molecule has 1 saturated carbocycles. The normalized spacial score (nSPS) is 23.8. The number of benzene rings is 1. The lowest BCUT2D eigenvalue weighted by atomic mass is 9.87. The van der Waals surface area contributed by atoms with Crippen molar-refractivity contribution in [3.8, 4) is 0 Å². The molecule has 2 N–H and O–H groups in total. The molecular weight excluding hydrogens is 226 g/mol. The fourth-order valence-electron chi connectivity index (χ4n) is 2.54. The zero-order valence-electron chi connectivity index (χ0n) is 10.9. The van der Waals surface area contributed by atoms with E-state index in [1.807, 2.05) is 12.1 Å². The van der Waals surface area contributed by atoms with Crippen LogP contribution in [0.2, 0.25) is 0 Å². The van der Waals surface area contributed by atoms with Crippen molar-refractivity contribution in [2.24, 2.45) is 5.92 Å². The van der Waals surface area contributed by atoms with Crippen LogP contribution in [-0.2, 0) is 6.54 Å². The number of carbonyl (C=O) groups is 1. The average Bonchev–Trinajstić information content (AvgIpc) is 2.38. The zero-order valence-corrected chi connectivity index (χ0v) is 10.9. The maximum Gasteiger partial charge on any atom is 0.335 e. The Morgan fingerprint density at radius 1 is 1.33 bits per heavy atom. The molecule has 0 amide bonds. The zero-order chi connectivity index (χ0) is 13.0. The second-order valence-electron chi connectivity index (χ2n) is 5.34. The van der Waals surface area contributed by atoms with Gasteiger partial charge >= 0.3 is 5.97 Å². The second kappa shape index (κ2) is 6.01. The van der Waals surface area contributed by atoms with E-state index >= 15 is 0 Å². The van der Waals surface area contributed by atoms with Crippen LogP contribution < -0.4 is 5.32 Å². The number of aromatic carboxylic acids is 1. The molecule has 0 spiro atoms. The standard InChI is InChI=1S/C15H21NO2/c1-11-5-7-14(8-6-11)16-10-12-3-2-4-13(9-12)15(17)18/h2-4,9,11,14,16H,5-8,10H2,1H3,(H,17,18). The molecule has 3 nitrogen and oxygen atoms in total. The third-order valence-electron chi connectivity index (χ3n) is 3.78. The number of nitrogens with one attached hydrogen (secondary N) is 1. The molecule has 0 aliphatic heterocycles. The molecule has 0 heterocycles. The van der Waals surface area contributed by atoms with Crippen molar-refractivity contribution in [1.29, 1.82) is 0 Å². The fraction of sp³-hybridized carbons (Fsp3) is 0.533. The van der Waals surface area contributed by atoms with Crippen LogP contribution >= 0.6 is 0 Å². The van der Waals surface area contributed by atoms with Crippen LogP contribution in [0.1, 0.15) is 48.5 Å². The molecule has 1 aliphatic rings. The summed E-state index contributed by atoms with van der Waals surface area (Å²) in [5, 5.41) is 12.5. The molecule has 18 heavy (non-hydrogen) atoms. The summed E-state index contributed by atoms with van der Waals surface area (Å²) >= 11 is 0. The molecule has 1 aliphatic carbocycles. The van der Waals surface area contributed by atoms with Gasteiger partial charge in [-0.05, 0) is 49.3 Å². The maximum atomic E-state index is 10.9. The van der Waals surface area contributed by atoms with E-state index < -0.39 is 5.97 Å². The van der Waals surface area contributed by atoms with E-state index in [9.17, 15) is 4.79 Å². The maximum absolute atomic E-state index is 10.9. The van der Waals surface area contributed by atoms with E-state index in [2.05, 4.69) is 12.2 Å². The van der Waals surface area contributed by atoms with Gasteiger partial charge in [-0.25, -0.2) is 4.79 Å². The summed E-state index contributed by atoms with van der Waals surface area (Å²) in [4.78, 5) is 10.9. The molecule has 0 aromatic heterocycles. The Morgan fingerprint density at radius 3 is 2.72 bits per heavy atom. The van der Waals surface area contributed by atoms with Crippen molar-refractivity contribution < 1.29 is 9.90 Å². The molecule has 0 saturated heterocycles. The van der Waals surface area contributed by atoms with Crippen LogP contribution in [0.4, 0.5) is 0 Å². The summed E-state index contributed by atoms with van der Waals surface area (Å²) in [5.74, 6) is 0.00160. The molecule has 1 aromatic carbocycles. The van der Waals surface area contributed by atoms with E-state index in [4.69, 9.17) is 5.11 Å². The van der Waals surface area contributed by atoms with Crippen LogP contribution in [0.15, 0.2) is 24.3 Å². The minimum absolute atomic E-state index is 0.367. The van der Waals surface area contributed by atoms with Gasteiger partial charge in [0.2, 0.25) is 0 Å². The van der Waals surface area contributed by atoms with Crippen molar-refractivity contribution in [1.82, 2.24) is 5.32 Å². The minimum Gasteiger partial charge on any atom is -0.478 e. The fourth-order valence-corrected chi connectivity index (χ4v) is 2.54. The van der Waals surface area contributed by atoms with Crippen molar-refractivity contribution in [3.63, 3.8) is 0 Å². The number of hydrogen-bond donors (Lipinski definition) is 2. The monoisotopic (exact) mass is 247 g/mol. The lowest BCUT2D eigenvalue weighted by Gasteiger charge is -2.27. The van der Waals surface area contributed by atoms with Gasteiger partial charge in [-0.3, -0.25) is 0 Å². The van der Waals surface area contributed by atoms with Gasteiger partial charge in [0.05, 0.1) is 5.56 Å². The Bertz CT molecular complexity index is 409. The third-order valence-corrected chi connectivity index (χ3v) is 3.78. The van der Waals surface area contributed by atoms with Crippen LogP contribution in [0, 0.1) is 5.92 Å². The number of hydrogen-bond acceptors (Lipinski definition) is 2. The highest BCUT2D eigenvalue weighted by molar-refractivity contribution is 5.87. The Hall–Kier alpha value is -1.35. The smallest absolute Gasteiger partial charge is 0.335 e. The summed E-state index contributed by atoms with van der Waals surface area (Å²) in [6.07, 6.45) is 5.07. The van der Waals surface area contributed by atoms with Gasteiger partial charge in [0.1, 0.15) is 0 Å². The van der Waals surface area contributed by atoms with Crippen LogP contribution in [0.3, 0.4) is 0 Å². The Kier molecular flexibility index (Phi) is 4.37. The molecule has 2 rings (SSSR count). The Balaban J connectivity index is 1.86. The highest BCUT2D eigenvalue weighted by Gasteiger charge is 2.17. The van der Waals surface area contributed by atoms with E-state index in [1.165, 1.54) is 25.7 Å². The van der Waals surface area contributed by atoms with Crippen LogP contribution in [0.25, 0.3) is 0 Å². The molecule has 0 atom stereocenters. The SMILES string of the molecule is CC1CCC(NCc2cccc(C(=O)O)c2)CC1. The van der Waals surface area contributed by atoms with Gasteiger partial charge in [0, 0.05) is 12.6 Å². The van der Waals surface area contributed by atoms with Gasteiger partial charge < -0.3 is 10.4 Å². The van der Waals surface area contributed by atoms with Crippen LogP contribution in [-0.4, -0.2) is 17.1 Å². The van der Waals surface area contributed by atoms with Gasteiger partial charge in [0.15, 0.2) is 0 Å². The summed E-state index contributed by atoms with van der Waals surface area (Å²) in [6.45, 7) is 3.08. The number of carboxylic acid groups (broad SMARTS) is 1. The first-order valence-electron chi connectivity index (χ1n) is 6.71. The van der Waals surface area contributed by atoms with Gasteiger partial charge in [-0.15, -0.1) is 0 Å². The molecule has 1 fully saturated rings. The first-order chi connectivity index (χ1) is 8.65. The molecule has 1 aromatic rings. The van der Waals surface area contributed by atoms with Crippen molar-refractivity contribution in [3.05, 3.63) is 35.4 Å². The summed E-state index contributed by atoms with van der Waals surface area (Å²) in [7, 11) is 0. The highest BCUT2D eigenvalue weighted by Crippen LogP contribution is 2.23. The third kappa shape index (κ3) is 3.57. The summed E-state index contributed by atoms with van der Waals surface area (Å²) < 4.78 is 0. The molecule has 3 heteroatoms. The number of rotatable bonds is 4. The predicted molar refractivity (Wildman–Crippen MR) is 71.7 cm³/mol. The van der Waals surface area contributed by atoms with Gasteiger partial charge in [0.25, 0.3) is 0 Å². The molecule has 0 bridgehead atoms.